The van der Waals surface area contributed by atoms with Crippen molar-refractivity contribution < 1.29 is 9.53 Å². The molecule has 1 aliphatic rings. The number of rotatable bonds is 6. The molecule has 0 unspecified atom stereocenters. The third kappa shape index (κ3) is 4.10. The van der Waals surface area contributed by atoms with Crippen LogP contribution in [-0.4, -0.2) is 44.2 Å². The predicted octanol–water partition coefficient (Wildman–Crippen LogP) is 3.73. The van der Waals surface area contributed by atoms with Crippen molar-refractivity contribution in [2.45, 2.75) is 39.3 Å². The maximum absolute atomic E-state index is 11.9. The fraction of sp³-hybridized carbons (Fsp3) is 0.333. The van der Waals surface area contributed by atoms with Crippen molar-refractivity contribution in [3.8, 4) is 5.82 Å². The third-order valence-electron chi connectivity index (χ3n) is 5.90. The van der Waals surface area contributed by atoms with E-state index in [1.165, 1.54) is 7.11 Å². The Hall–Kier alpha value is -3.26. The van der Waals surface area contributed by atoms with Gasteiger partial charge in [0.2, 0.25) is 0 Å². The largest absolute Gasteiger partial charge is 0.469 e. The fourth-order valence-electron chi connectivity index (χ4n) is 4.38. The molecule has 0 saturated carbocycles. The standard InChI is InChI=1S/C24H27N5O2S/c1-15-8-11-26-20(13-15)29-16(2)14-18(17(29)3)23-22(19-7-5-6-10-25-19)27-24(32)28(23)12-9-21(30)31-4/h5-8,10-11,13-14,22-23H,9,12H2,1-4H3,(H,27,32)/t22-,23+/m1/s1. The molecular weight excluding hydrogens is 422 g/mol. The summed E-state index contributed by atoms with van der Waals surface area (Å²) >= 11 is 5.69. The van der Waals surface area contributed by atoms with E-state index in [1.54, 1.807) is 6.20 Å². The van der Waals surface area contributed by atoms with E-state index in [0.29, 0.717) is 11.7 Å². The zero-order valence-corrected chi connectivity index (χ0v) is 19.5. The monoisotopic (exact) mass is 449 g/mol. The number of thiocarbonyl (C=S) groups is 1. The highest BCUT2D eigenvalue weighted by Crippen LogP contribution is 2.41. The lowest BCUT2D eigenvalue weighted by atomic mass is 9.96. The molecule has 1 fully saturated rings. The van der Waals surface area contributed by atoms with Crippen molar-refractivity contribution >= 4 is 23.3 Å². The highest BCUT2D eigenvalue weighted by molar-refractivity contribution is 7.80. The van der Waals surface area contributed by atoms with E-state index in [9.17, 15) is 4.79 Å². The molecule has 0 aromatic carbocycles. The molecule has 3 aromatic heterocycles. The summed E-state index contributed by atoms with van der Waals surface area (Å²) in [5.41, 5.74) is 5.35. The van der Waals surface area contributed by atoms with Crippen LogP contribution < -0.4 is 5.32 Å². The molecule has 0 amide bonds. The summed E-state index contributed by atoms with van der Waals surface area (Å²) in [6.45, 7) is 6.70. The number of carbonyl (C=O) groups excluding carboxylic acids is 1. The van der Waals surface area contributed by atoms with E-state index in [2.05, 4.69) is 57.7 Å². The summed E-state index contributed by atoms with van der Waals surface area (Å²) in [6, 6.07) is 11.9. The van der Waals surface area contributed by atoms with Crippen molar-refractivity contribution in [1.29, 1.82) is 0 Å². The lowest BCUT2D eigenvalue weighted by molar-refractivity contribution is -0.140. The van der Waals surface area contributed by atoms with Crippen LogP contribution in [0.4, 0.5) is 0 Å². The molecule has 2 atom stereocenters. The number of methoxy groups -OCH3 is 1. The van der Waals surface area contributed by atoms with Crippen molar-refractivity contribution in [3.05, 3.63) is 77.0 Å². The number of aromatic nitrogens is 3. The Morgan fingerprint density at radius 3 is 2.66 bits per heavy atom. The number of aryl methyl sites for hydroxylation is 2. The van der Waals surface area contributed by atoms with Crippen molar-refractivity contribution in [2.75, 3.05) is 13.7 Å². The highest BCUT2D eigenvalue weighted by Gasteiger charge is 2.41. The molecule has 3 aromatic rings. The molecule has 8 heteroatoms. The van der Waals surface area contributed by atoms with Gasteiger partial charge in [-0.1, -0.05) is 6.07 Å². The first kappa shape index (κ1) is 22.0. The first-order valence-corrected chi connectivity index (χ1v) is 11.0. The molecule has 32 heavy (non-hydrogen) atoms. The Labute approximate surface area is 193 Å². The highest BCUT2D eigenvalue weighted by atomic mass is 32.1. The van der Waals surface area contributed by atoms with E-state index in [4.69, 9.17) is 17.0 Å². The Bertz CT molecular complexity index is 1140. The molecule has 166 valence electrons. The van der Waals surface area contributed by atoms with Crippen LogP contribution in [0.5, 0.6) is 0 Å². The third-order valence-corrected chi connectivity index (χ3v) is 6.25. The van der Waals surface area contributed by atoms with Gasteiger partial charge >= 0.3 is 5.97 Å². The van der Waals surface area contributed by atoms with Crippen LogP contribution in [-0.2, 0) is 9.53 Å². The van der Waals surface area contributed by atoms with Gasteiger partial charge in [-0.15, -0.1) is 0 Å². The molecule has 4 rings (SSSR count). The minimum Gasteiger partial charge on any atom is -0.469 e. The van der Waals surface area contributed by atoms with Gasteiger partial charge in [-0.3, -0.25) is 9.78 Å². The summed E-state index contributed by atoms with van der Waals surface area (Å²) in [5.74, 6) is 0.623. The Morgan fingerprint density at radius 2 is 1.97 bits per heavy atom. The fourth-order valence-corrected chi connectivity index (χ4v) is 4.71. The second-order valence-electron chi connectivity index (χ2n) is 8.00. The summed E-state index contributed by atoms with van der Waals surface area (Å²) < 4.78 is 7.02. The molecular formula is C24H27N5O2S. The number of hydrogen-bond donors (Lipinski definition) is 1. The summed E-state index contributed by atoms with van der Waals surface area (Å²) in [6.07, 6.45) is 3.87. The summed E-state index contributed by atoms with van der Waals surface area (Å²) in [5, 5.41) is 4.04. The van der Waals surface area contributed by atoms with E-state index < -0.39 is 0 Å². The van der Waals surface area contributed by atoms with Crippen LogP contribution in [0.2, 0.25) is 0 Å². The molecule has 0 bridgehead atoms. The van der Waals surface area contributed by atoms with Crippen molar-refractivity contribution in [3.63, 3.8) is 0 Å². The number of hydrogen-bond acceptors (Lipinski definition) is 5. The van der Waals surface area contributed by atoms with Crippen LogP contribution in [0, 0.1) is 20.8 Å². The smallest absolute Gasteiger partial charge is 0.307 e. The summed E-state index contributed by atoms with van der Waals surface area (Å²) in [7, 11) is 1.40. The number of nitrogens with zero attached hydrogens (tertiary/aromatic N) is 4. The molecule has 1 N–H and O–H groups in total. The van der Waals surface area contributed by atoms with Gasteiger partial charge in [0, 0.05) is 30.3 Å². The van der Waals surface area contributed by atoms with Gasteiger partial charge in [-0.2, -0.15) is 0 Å². The topological polar surface area (TPSA) is 72.3 Å². The lowest BCUT2D eigenvalue weighted by Crippen LogP contribution is -2.32. The zero-order chi connectivity index (χ0) is 22.8. The van der Waals surface area contributed by atoms with Gasteiger partial charge in [-0.05, 0) is 74.4 Å². The van der Waals surface area contributed by atoms with Crippen molar-refractivity contribution in [2.24, 2.45) is 0 Å². The number of esters is 1. The minimum absolute atomic E-state index is 0.119. The SMILES string of the molecule is COC(=O)CCN1C(=S)N[C@H](c2ccccn2)[C@@H]1c1cc(C)n(-c2cc(C)ccn2)c1C. The average Bonchev–Trinajstić information content (AvgIpc) is 3.27. The molecule has 1 aliphatic heterocycles. The summed E-state index contributed by atoms with van der Waals surface area (Å²) in [4.78, 5) is 23.1. The second-order valence-corrected chi connectivity index (χ2v) is 8.39. The Morgan fingerprint density at radius 1 is 1.16 bits per heavy atom. The van der Waals surface area contributed by atoms with Crippen LogP contribution in [0.1, 0.15) is 46.7 Å². The van der Waals surface area contributed by atoms with Gasteiger partial charge in [0.1, 0.15) is 5.82 Å². The zero-order valence-electron chi connectivity index (χ0n) is 18.7. The van der Waals surface area contributed by atoms with Gasteiger partial charge in [0.05, 0.1) is 31.3 Å². The van der Waals surface area contributed by atoms with Crippen LogP contribution in [0.3, 0.4) is 0 Å². The van der Waals surface area contributed by atoms with Gasteiger partial charge in [0.15, 0.2) is 5.11 Å². The molecule has 7 nitrogen and oxygen atoms in total. The average molecular weight is 450 g/mol. The van der Waals surface area contributed by atoms with E-state index in [-0.39, 0.29) is 24.5 Å². The number of nitrogens with one attached hydrogen (secondary N) is 1. The molecule has 4 heterocycles. The number of ether oxygens (including phenoxy) is 1. The van der Waals surface area contributed by atoms with Crippen LogP contribution in [0.15, 0.2) is 48.8 Å². The van der Waals surface area contributed by atoms with Crippen molar-refractivity contribution in [1.82, 2.24) is 24.8 Å². The molecule has 0 aliphatic carbocycles. The second kappa shape index (κ2) is 9.08. The maximum atomic E-state index is 11.9. The number of carbonyl (C=O) groups is 1. The van der Waals surface area contributed by atoms with Gasteiger partial charge in [-0.25, -0.2) is 4.98 Å². The van der Waals surface area contributed by atoms with Crippen LogP contribution >= 0.6 is 12.2 Å². The maximum Gasteiger partial charge on any atom is 0.307 e. The van der Waals surface area contributed by atoms with Gasteiger partial charge in [0.25, 0.3) is 0 Å². The Balaban J connectivity index is 1.80. The Kier molecular flexibility index (Phi) is 6.23. The number of pyridine rings is 2. The van der Waals surface area contributed by atoms with E-state index in [1.807, 2.05) is 30.5 Å². The normalized spacial score (nSPS) is 18.0. The predicted molar refractivity (Wildman–Crippen MR) is 127 cm³/mol. The molecule has 1 saturated heterocycles. The minimum atomic E-state index is -0.262. The quantitative estimate of drug-likeness (QED) is 0.454. The first-order valence-electron chi connectivity index (χ1n) is 10.6. The molecule has 0 spiro atoms. The van der Waals surface area contributed by atoms with E-state index >= 15 is 0 Å². The van der Waals surface area contributed by atoms with Crippen LogP contribution in [0.25, 0.3) is 5.82 Å². The van der Waals surface area contributed by atoms with Gasteiger partial charge < -0.3 is 19.5 Å². The lowest BCUT2D eigenvalue weighted by Gasteiger charge is -2.27. The molecule has 0 radical (unpaired) electrons. The first-order chi connectivity index (χ1) is 15.4. The van der Waals surface area contributed by atoms with E-state index in [0.717, 1.165) is 34.0 Å².